The van der Waals surface area contributed by atoms with E-state index in [0.717, 1.165) is 16.6 Å². The molecule has 7 heteroatoms. The van der Waals surface area contributed by atoms with Crippen molar-refractivity contribution in [1.82, 2.24) is 14.5 Å². The number of fused-ring (bicyclic) bond motifs is 1. The maximum absolute atomic E-state index is 12.3. The van der Waals surface area contributed by atoms with Crippen molar-refractivity contribution in [3.63, 3.8) is 0 Å². The molecule has 7 nitrogen and oxygen atoms in total. The van der Waals surface area contributed by atoms with Crippen LogP contribution in [0.15, 0.2) is 52.1 Å². The van der Waals surface area contributed by atoms with E-state index in [1.54, 1.807) is 6.20 Å². The predicted molar refractivity (Wildman–Crippen MR) is 87.3 cm³/mol. The molecule has 1 aliphatic heterocycles. The van der Waals surface area contributed by atoms with Gasteiger partial charge >= 0.3 is 0 Å². The summed E-state index contributed by atoms with van der Waals surface area (Å²) < 4.78 is 7.03. The van der Waals surface area contributed by atoms with Crippen LogP contribution >= 0.6 is 0 Å². The van der Waals surface area contributed by atoms with Gasteiger partial charge in [0, 0.05) is 5.56 Å². The molecule has 0 radical (unpaired) electrons. The Hall–Kier alpha value is -2.93. The molecule has 0 aliphatic carbocycles. The highest BCUT2D eigenvalue weighted by Crippen LogP contribution is 2.31. The minimum absolute atomic E-state index is 0.147. The van der Waals surface area contributed by atoms with Crippen molar-refractivity contribution in [2.75, 3.05) is 5.32 Å². The molecule has 0 saturated carbocycles. The fraction of sp³-hybridized carbons (Fsp3) is 0.235. The Labute approximate surface area is 137 Å². The number of aliphatic hydroxyl groups is 1. The van der Waals surface area contributed by atoms with Crippen LogP contribution in [0.1, 0.15) is 23.9 Å². The first kappa shape index (κ1) is 14.6. The fourth-order valence-corrected chi connectivity index (χ4v) is 2.86. The molecule has 0 amide bonds. The minimum Gasteiger partial charge on any atom is -0.439 e. The topological polar surface area (TPSA) is 93.2 Å². The summed E-state index contributed by atoms with van der Waals surface area (Å²) in [6.45, 7) is -0.397. The van der Waals surface area contributed by atoms with Gasteiger partial charge in [0.1, 0.15) is 18.2 Å². The van der Waals surface area contributed by atoms with Crippen LogP contribution in [0.25, 0.3) is 11.5 Å². The van der Waals surface area contributed by atoms with E-state index in [4.69, 9.17) is 4.42 Å². The van der Waals surface area contributed by atoms with Gasteiger partial charge < -0.3 is 14.8 Å². The molecule has 3 heterocycles. The first-order valence-electron chi connectivity index (χ1n) is 7.73. The number of hydrogen-bond acceptors (Lipinski definition) is 6. The van der Waals surface area contributed by atoms with Gasteiger partial charge in [0.05, 0.1) is 24.3 Å². The highest BCUT2D eigenvalue weighted by molar-refractivity contribution is 5.53. The Bertz CT molecular complexity index is 917. The van der Waals surface area contributed by atoms with Crippen LogP contribution in [0.3, 0.4) is 0 Å². The molecule has 1 aliphatic rings. The number of nitrogens with one attached hydrogen (secondary N) is 1. The number of hydrogen-bond donors (Lipinski definition) is 2. The van der Waals surface area contributed by atoms with Crippen LogP contribution in [-0.2, 0) is 13.2 Å². The highest BCUT2D eigenvalue weighted by Gasteiger charge is 2.26. The van der Waals surface area contributed by atoms with Crippen LogP contribution in [0.5, 0.6) is 0 Å². The Morgan fingerprint density at radius 2 is 2.12 bits per heavy atom. The van der Waals surface area contributed by atoms with Crippen molar-refractivity contribution in [3.05, 3.63) is 64.7 Å². The second-order valence-electron chi connectivity index (χ2n) is 5.65. The minimum atomic E-state index is -0.397. The molecule has 0 saturated heterocycles. The molecular formula is C17H16N4O3. The average molecular weight is 324 g/mol. The molecule has 1 aromatic carbocycles. The van der Waals surface area contributed by atoms with Crippen LogP contribution in [0.4, 0.5) is 5.69 Å². The van der Waals surface area contributed by atoms with Crippen molar-refractivity contribution in [2.24, 2.45) is 0 Å². The molecule has 3 aromatic rings. The summed E-state index contributed by atoms with van der Waals surface area (Å²) in [6, 6.07) is 9.51. The molecule has 0 bridgehead atoms. The number of aromatic nitrogens is 3. The van der Waals surface area contributed by atoms with Gasteiger partial charge in [-0.3, -0.25) is 9.36 Å². The molecule has 4 rings (SSSR count). The molecular weight excluding hydrogens is 308 g/mol. The third-order valence-electron chi connectivity index (χ3n) is 4.14. The number of anilines is 1. The maximum Gasteiger partial charge on any atom is 0.278 e. The molecule has 0 fully saturated rings. The van der Waals surface area contributed by atoms with E-state index in [2.05, 4.69) is 15.3 Å². The summed E-state index contributed by atoms with van der Waals surface area (Å²) in [5.41, 5.74) is 1.75. The van der Waals surface area contributed by atoms with Crippen LogP contribution in [-0.4, -0.2) is 19.6 Å². The van der Waals surface area contributed by atoms with Crippen molar-refractivity contribution in [3.8, 4) is 11.5 Å². The van der Waals surface area contributed by atoms with Crippen molar-refractivity contribution in [2.45, 2.75) is 25.6 Å². The first-order chi connectivity index (χ1) is 11.8. The van der Waals surface area contributed by atoms with E-state index in [0.29, 0.717) is 29.5 Å². The monoisotopic (exact) mass is 324 g/mol. The summed E-state index contributed by atoms with van der Waals surface area (Å²) in [7, 11) is 0. The smallest absolute Gasteiger partial charge is 0.278 e. The van der Waals surface area contributed by atoms with Gasteiger partial charge in [0.25, 0.3) is 5.56 Å². The highest BCUT2D eigenvalue weighted by atomic mass is 16.4. The second kappa shape index (κ2) is 5.93. The van der Waals surface area contributed by atoms with E-state index in [9.17, 15) is 9.90 Å². The molecule has 24 heavy (non-hydrogen) atoms. The number of aliphatic hydroxyl groups excluding tert-OH is 1. The molecule has 1 atom stereocenters. The summed E-state index contributed by atoms with van der Waals surface area (Å²) in [6.07, 6.45) is 4.47. The lowest BCUT2D eigenvalue weighted by Gasteiger charge is -2.24. The van der Waals surface area contributed by atoms with Crippen LogP contribution in [0.2, 0.25) is 0 Å². The zero-order chi connectivity index (χ0) is 16.5. The standard InChI is InChI=1S/C17H16N4O3/c22-10-21-9-19-13-7-6-12(20-15(13)17(21)23)14-8-18-16(24-14)11-4-2-1-3-5-11/h1-5,8-9,12,20,22H,6-7,10H2. The summed E-state index contributed by atoms with van der Waals surface area (Å²) in [4.78, 5) is 20.9. The molecule has 1 unspecified atom stereocenters. The Morgan fingerprint density at radius 3 is 2.92 bits per heavy atom. The van der Waals surface area contributed by atoms with E-state index in [1.165, 1.54) is 6.33 Å². The summed E-state index contributed by atoms with van der Waals surface area (Å²) >= 11 is 0. The fourth-order valence-electron chi connectivity index (χ4n) is 2.86. The molecule has 2 aromatic heterocycles. The van der Waals surface area contributed by atoms with Gasteiger partial charge in [-0.15, -0.1) is 0 Å². The third-order valence-corrected chi connectivity index (χ3v) is 4.14. The Morgan fingerprint density at radius 1 is 1.29 bits per heavy atom. The number of rotatable bonds is 3. The van der Waals surface area contributed by atoms with Crippen LogP contribution in [0, 0.1) is 0 Å². The van der Waals surface area contributed by atoms with Crippen molar-refractivity contribution >= 4 is 5.69 Å². The zero-order valence-corrected chi connectivity index (χ0v) is 12.8. The molecule has 2 N–H and O–H groups in total. The number of benzene rings is 1. The molecule has 0 spiro atoms. The van der Waals surface area contributed by atoms with Gasteiger partial charge in [-0.25, -0.2) is 9.97 Å². The van der Waals surface area contributed by atoms with E-state index < -0.39 is 6.73 Å². The SMILES string of the molecule is O=c1c2c(ncn1CO)CCC(c1cnc(-c3ccccc3)o1)N2. The van der Waals surface area contributed by atoms with Gasteiger partial charge in [-0.1, -0.05) is 18.2 Å². The van der Waals surface area contributed by atoms with Gasteiger partial charge in [-0.2, -0.15) is 0 Å². The van der Waals surface area contributed by atoms with Gasteiger partial charge in [-0.05, 0) is 25.0 Å². The lowest BCUT2D eigenvalue weighted by Crippen LogP contribution is -2.30. The summed E-state index contributed by atoms with van der Waals surface area (Å²) in [5, 5.41) is 12.4. The quantitative estimate of drug-likeness (QED) is 0.765. The normalized spacial score (nSPS) is 16.5. The van der Waals surface area contributed by atoms with Crippen LogP contribution < -0.4 is 10.9 Å². The largest absolute Gasteiger partial charge is 0.439 e. The lowest BCUT2D eigenvalue weighted by atomic mass is 10.0. The summed E-state index contributed by atoms with van der Waals surface area (Å²) in [5.74, 6) is 1.23. The number of aryl methyl sites for hydroxylation is 1. The maximum atomic E-state index is 12.3. The lowest BCUT2D eigenvalue weighted by molar-refractivity contribution is 0.204. The van der Waals surface area contributed by atoms with Crippen molar-refractivity contribution in [1.29, 1.82) is 0 Å². The zero-order valence-electron chi connectivity index (χ0n) is 12.8. The number of oxazole rings is 1. The first-order valence-corrected chi connectivity index (χ1v) is 7.73. The second-order valence-corrected chi connectivity index (χ2v) is 5.65. The Kier molecular flexibility index (Phi) is 3.62. The predicted octanol–water partition coefficient (Wildman–Crippen LogP) is 1.95. The average Bonchev–Trinajstić information content (AvgIpc) is 3.13. The Balaban J connectivity index is 1.64. The van der Waals surface area contributed by atoms with E-state index in [1.807, 2.05) is 30.3 Å². The molecule has 122 valence electrons. The van der Waals surface area contributed by atoms with Gasteiger partial charge in [0.2, 0.25) is 5.89 Å². The van der Waals surface area contributed by atoms with E-state index >= 15 is 0 Å². The third kappa shape index (κ3) is 2.48. The van der Waals surface area contributed by atoms with E-state index in [-0.39, 0.29) is 11.6 Å². The van der Waals surface area contributed by atoms with Crippen molar-refractivity contribution < 1.29 is 9.52 Å². The van der Waals surface area contributed by atoms with Gasteiger partial charge in [0.15, 0.2) is 0 Å². The number of nitrogens with zero attached hydrogens (tertiary/aromatic N) is 3.